The summed E-state index contributed by atoms with van der Waals surface area (Å²) in [5, 5.41) is 10.6. The van der Waals surface area contributed by atoms with Crippen LogP contribution in [0.2, 0.25) is 0 Å². The monoisotopic (exact) mass is 1410 g/mol. The van der Waals surface area contributed by atoms with Crippen LogP contribution in [0.4, 0.5) is 0 Å². The standard InChI is InChI=1S/C77H150O17P2/c1-67(2)53-45-37-29-21-14-10-9-11-17-26-35-43-51-59-76(81)93-72(63-87-74(79)57-49-41-33-25-18-12-15-22-30-38-46-54-68(3)4)65-91-95(83,84)89-61-71(78)62-90-96(85,86)92-66-73(64-88-75(80)58-50-42-34-28-20-24-32-40-48-56-70(7)8)94-77(82)60-52-44-36-27-19-13-16-23-31-39-47-55-69(5)6/h67-73,78H,9-66H2,1-8H3,(H,83,84)(H,85,86)/t71-,72-,73-/m1/s1. The first-order valence-corrected chi connectivity index (χ1v) is 42.7. The van der Waals surface area contributed by atoms with Crippen LogP contribution in [0.25, 0.3) is 0 Å². The van der Waals surface area contributed by atoms with Gasteiger partial charge in [0.05, 0.1) is 26.4 Å². The molecule has 0 amide bonds. The van der Waals surface area contributed by atoms with Gasteiger partial charge in [-0.1, -0.05) is 338 Å². The minimum Gasteiger partial charge on any atom is -0.462 e. The van der Waals surface area contributed by atoms with Crippen molar-refractivity contribution in [2.45, 2.75) is 408 Å². The molecule has 0 aromatic carbocycles. The number of aliphatic hydroxyl groups excluding tert-OH is 1. The van der Waals surface area contributed by atoms with Gasteiger partial charge in [0.25, 0.3) is 0 Å². The molecule has 0 spiro atoms. The Hall–Kier alpha value is -1.94. The molecule has 0 aromatic rings. The van der Waals surface area contributed by atoms with Crippen LogP contribution in [0, 0.1) is 23.7 Å². The van der Waals surface area contributed by atoms with Crippen molar-refractivity contribution in [3.8, 4) is 0 Å². The maximum absolute atomic E-state index is 13.1. The highest BCUT2D eigenvalue weighted by Gasteiger charge is 2.30. The normalized spacial score (nSPS) is 14.1. The van der Waals surface area contributed by atoms with Crippen molar-refractivity contribution in [3.63, 3.8) is 0 Å². The number of phosphoric acid groups is 2. The Labute approximate surface area is 588 Å². The summed E-state index contributed by atoms with van der Waals surface area (Å²) in [6, 6.07) is 0. The molecule has 0 saturated heterocycles. The maximum Gasteiger partial charge on any atom is 0.472 e. The molecule has 5 atom stereocenters. The lowest BCUT2D eigenvalue weighted by molar-refractivity contribution is -0.161. The van der Waals surface area contributed by atoms with E-state index in [1.165, 1.54) is 193 Å². The van der Waals surface area contributed by atoms with Gasteiger partial charge in [-0.3, -0.25) is 37.3 Å². The van der Waals surface area contributed by atoms with Crippen LogP contribution in [-0.4, -0.2) is 96.7 Å². The molecule has 96 heavy (non-hydrogen) atoms. The molecule has 2 unspecified atom stereocenters. The second-order valence-corrected chi connectivity index (χ2v) is 32.6. The van der Waals surface area contributed by atoms with E-state index in [0.717, 1.165) is 114 Å². The third-order valence-corrected chi connectivity index (χ3v) is 19.7. The first-order chi connectivity index (χ1) is 46.1. The molecule has 19 heteroatoms. The Morgan fingerprint density at radius 3 is 0.646 bits per heavy atom. The smallest absolute Gasteiger partial charge is 0.462 e. The number of carbonyl (C=O) groups is 4. The predicted octanol–water partition coefficient (Wildman–Crippen LogP) is 22.4. The molecule has 17 nitrogen and oxygen atoms in total. The zero-order valence-corrected chi connectivity index (χ0v) is 64.8. The summed E-state index contributed by atoms with van der Waals surface area (Å²) in [4.78, 5) is 72.9. The van der Waals surface area contributed by atoms with E-state index in [1.807, 2.05) is 0 Å². The molecule has 0 rings (SSSR count). The number of rotatable bonds is 74. The zero-order valence-electron chi connectivity index (χ0n) is 63.0. The third kappa shape index (κ3) is 70.5. The summed E-state index contributed by atoms with van der Waals surface area (Å²) in [6.45, 7) is 14.2. The first-order valence-electron chi connectivity index (χ1n) is 39.7. The Morgan fingerprint density at radius 2 is 0.438 bits per heavy atom. The van der Waals surface area contributed by atoms with E-state index >= 15 is 0 Å². The zero-order chi connectivity index (χ0) is 71.0. The van der Waals surface area contributed by atoms with Crippen molar-refractivity contribution >= 4 is 39.5 Å². The molecule has 0 bridgehead atoms. The van der Waals surface area contributed by atoms with Gasteiger partial charge in [-0.05, 0) is 49.4 Å². The Bertz CT molecular complexity index is 1880. The number of hydrogen-bond acceptors (Lipinski definition) is 15. The molecule has 0 aromatic heterocycles. The molecule has 0 aliphatic rings. The number of hydrogen-bond donors (Lipinski definition) is 3. The lowest BCUT2D eigenvalue weighted by Crippen LogP contribution is -2.30. The topological polar surface area (TPSA) is 237 Å². The van der Waals surface area contributed by atoms with E-state index in [2.05, 4.69) is 55.4 Å². The van der Waals surface area contributed by atoms with Gasteiger partial charge in [-0.2, -0.15) is 0 Å². The molecule has 0 aliphatic carbocycles. The fraction of sp³-hybridized carbons (Fsp3) is 0.948. The van der Waals surface area contributed by atoms with E-state index in [4.69, 9.17) is 37.0 Å². The summed E-state index contributed by atoms with van der Waals surface area (Å²) < 4.78 is 68.6. The molecule has 0 saturated carbocycles. The Balaban J connectivity index is 5.28. The Morgan fingerprint density at radius 1 is 0.260 bits per heavy atom. The first kappa shape index (κ1) is 94.1. The molecule has 0 fully saturated rings. The molecule has 570 valence electrons. The fourth-order valence-corrected chi connectivity index (χ4v) is 13.3. The quantitative estimate of drug-likeness (QED) is 0.0222. The van der Waals surface area contributed by atoms with E-state index in [1.54, 1.807) is 0 Å². The number of unbranched alkanes of at least 4 members (excludes halogenated alkanes) is 40. The highest BCUT2D eigenvalue weighted by atomic mass is 31.2. The van der Waals surface area contributed by atoms with Crippen LogP contribution < -0.4 is 0 Å². The van der Waals surface area contributed by atoms with Gasteiger partial charge >= 0.3 is 39.5 Å². The maximum atomic E-state index is 13.1. The predicted molar refractivity (Wildman–Crippen MR) is 391 cm³/mol. The second kappa shape index (κ2) is 66.3. The van der Waals surface area contributed by atoms with Crippen molar-refractivity contribution < 1.29 is 80.2 Å². The summed E-state index contributed by atoms with van der Waals surface area (Å²) in [5.41, 5.74) is 0. The van der Waals surface area contributed by atoms with Crippen molar-refractivity contribution in [1.82, 2.24) is 0 Å². The van der Waals surface area contributed by atoms with E-state index < -0.39 is 97.5 Å². The van der Waals surface area contributed by atoms with Gasteiger partial charge in [0, 0.05) is 25.7 Å². The Kier molecular flexibility index (Phi) is 65.0. The average molecular weight is 1410 g/mol. The van der Waals surface area contributed by atoms with Crippen LogP contribution in [0.15, 0.2) is 0 Å². The minimum atomic E-state index is -4.96. The number of carbonyl (C=O) groups excluding carboxylic acids is 4. The van der Waals surface area contributed by atoms with Crippen LogP contribution in [0.1, 0.15) is 389 Å². The fourth-order valence-electron chi connectivity index (χ4n) is 11.7. The van der Waals surface area contributed by atoms with Crippen molar-refractivity contribution in [1.29, 1.82) is 0 Å². The van der Waals surface area contributed by atoms with Gasteiger partial charge in [-0.25, -0.2) is 9.13 Å². The highest BCUT2D eigenvalue weighted by Crippen LogP contribution is 2.45. The average Bonchev–Trinajstić information content (AvgIpc) is 1.07. The second-order valence-electron chi connectivity index (χ2n) is 29.7. The van der Waals surface area contributed by atoms with Crippen LogP contribution in [0.3, 0.4) is 0 Å². The van der Waals surface area contributed by atoms with Gasteiger partial charge in [-0.15, -0.1) is 0 Å². The molecule has 0 heterocycles. The van der Waals surface area contributed by atoms with Gasteiger partial charge in [0.1, 0.15) is 19.3 Å². The van der Waals surface area contributed by atoms with Crippen molar-refractivity contribution in [2.75, 3.05) is 39.6 Å². The third-order valence-electron chi connectivity index (χ3n) is 17.8. The van der Waals surface area contributed by atoms with Crippen LogP contribution in [0.5, 0.6) is 0 Å². The summed E-state index contributed by atoms with van der Waals surface area (Å²) in [6.07, 6.45) is 51.2. The number of ether oxygens (including phenoxy) is 4. The largest absolute Gasteiger partial charge is 0.472 e. The number of phosphoric ester groups is 2. The minimum absolute atomic E-state index is 0.106. The molecule has 0 radical (unpaired) electrons. The summed E-state index contributed by atoms with van der Waals surface area (Å²) in [5.74, 6) is 0.948. The van der Waals surface area contributed by atoms with Gasteiger partial charge in [0.15, 0.2) is 12.2 Å². The number of esters is 4. The lowest BCUT2D eigenvalue weighted by Gasteiger charge is -2.21. The summed E-state index contributed by atoms with van der Waals surface area (Å²) >= 11 is 0. The highest BCUT2D eigenvalue weighted by molar-refractivity contribution is 7.47. The molecular weight excluding hydrogens is 1260 g/mol. The molecular formula is C77H150O17P2. The molecule has 3 N–H and O–H groups in total. The van der Waals surface area contributed by atoms with Crippen molar-refractivity contribution in [3.05, 3.63) is 0 Å². The van der Waals surface area contributed by atoms with Crippen LogP contribution >= 0.6 is 15.6 Å². The van der Waals surface area contributed by atoms with E-state index in [9.17, 15) is 43.2 Å². The SMILES string of the molecule is CC(C)CCCCCCCCCCCCCCCC(=O)O[C@H](COC(=O)CCCCCCCCCCCCCC(C)C)COP(=O)(O)OC[C@@H](O)COP(=O)(O)OC[C@@H](COC(=O)CCCCCCCCCCCC(C)C)OC(=O)CCCCCCCCCCCCCC(C)C. The van der Waals surface area contributed by atoms with Crippen molar-refractivity contribution in [2.24, 2.45) is 23.7 Å². The molecule has 0 aliphatic heterocycles. The van der Waals surface area contributed by atoms with E-state index in [-0.39, 0.29) is 25.7 Å². The van der Waals surface area contributed by atoms with Gasteiger partial charge < -0.3 is 33.8 Å². The van der Waals surface area contributed by atoms with Gasteiger partial charge in [0.2, 0.25) is 0 Å². The van der Waals surface area contributed by atoms with E-state index in [0.29, 0.717) is 25.7 Å². The van der Waals surface area contributed by atoms with Crippen LogP contribution in [-0.2, 0) is 65.4 Å². The number of aliphatic hydroxyl groups is 1. The lowest BCUT2D eigenvalue weighted by atomic mass is 10.0. The summed E-state index contributed by atoms with van der Waals surface area (Å²) in [7, 11) is -9.92.